The van der Waals surface area contributed by atoms with Crippen LogP contribution in [0.5, 0.6) is 0 Å². The number of aliphatic hydroxyl groups is 1. The zero-order chi connectivity index (χ0) is 17.1. The van der Waals surface area contributed by atoms with E-state index >= 15 is 0 Å². The van der Waals surface area contributed by atoms with Crippen molar-refractivity contribution in [1.82, 2.24) is 9.78 Å². The molecule has 2 N–H and O–H groups in total. The molecule has 3 aromatic rings. The summed E-state index contributed by atoms with van der Waals surface area (Å²) in [4.78, 5) is 12.5. The zero-order valence-electron chi connectivity index (χ0n) is 13.6. The SMILES string of the molecule is Cc1cc(C(=O)Nc2ccccc2C(C)O)nn1-c1ccccc1. The van der Waals surface area contributed by atoms with Crippen molar-refractivity contribution in [2.45, 2.75) is 20.0 Å². The average Bonchev–Trinajstić information content (AvgIpc) is 2.98. The van der Waals surface area contributed by atoms with Gasteiger partial charge in [0.05, 0.1) is 11.8 Å². The second-order valence-corrected chi connectivity index (χ2v) is 5.64. The summed E-state index contributed by atoms with van der Waals surface area (Å²) < 4.78 is 1.73. The fraction of sp³-hybridized carbons (Fsp3) is 0.158. The summed E-state index contributed by atoms with van der Waals surface area (Å²) in [6.45, 7) is 3.57. The van der Waals surface area contributed by atoms with E-state index in [9.17, 15) is 9.90 Å². The van der Waals surface area contributed by atoms with Gasteiger partial charge >= 0.3 is 0 Å². The summed E-state index contributed by atoms with van der Waals surface area (Å²) in [5.74, 6) is -0.305. The minimum atomic E-state index is -0.662. The van der Waals surface area contributed by atoms with E-state index in [1.165, 1.54) is 0 Å². The van der Waals surface area contributed by atoms with Crippen LogP contribution in [0.3, 0.4) is 0 Å². The number of nitrogens with zero attached hydrogens (tertiary/aromatic N) is 2. The standard InChI is InChI=1S/C19H19N3O2/c1-13-12-18(21-22(13)15-8-4-3-5-9-15)19(24)20-17-11-7-6-10-16(17)14(2)23/h3-12,14,23H,1-2H3,(H,20,24). The summed E-state index contributed by atoms with van der Waals surface area (Å²) in [7, 11) is 0. The topological polar surface area (TPSA) is 67.2 Å². The van der Waals surface area contributed by atoms with Crippen LogP contribution in [0.1, 0.15) is 34.8 Å². The molecule has 5 nitrogen and oxygen atoms in total. The van der Waals surface area contributed by atoms with Gasteiger partial charge in [0, 0.05) is 16.9 Å². The van der Waals surface area contributed by atoms with E-state index in [1.54, 1.807) is 29.8 Å². The molecule has 122 valence electrons. The Morgan fingerprint density at radius 2 is 1.79 bits per heavy atom. The van der Waals surface area contributed by atoms with Gasteiger partial charge in [0.25, 0.3) is 5.91 Å². The van der Waals surface area contributed by atoms with Gasteiger partial charge in [-0.1, -0.05) is 36.4 Å². The minimum absolute atomic E-state index is 0.305. The van der Waals surface area contributed by atoms with Crippen LogP contribution in [0.2, 0.25) is 0 Å². The molecule has 0 aliphatic heterocycles. The lowest BCUT2D eigenvalue weighted by molar-refractivity contribution is 0.102. The number of amides is 1. The summed E-state index contributed by atoms with van der Waals surface area (Å²) in [6, 6.07) is 18.6. The highest BCUT2D eigenvalue weighted by molar-refractivity contribution is 6.03. The molecule has 0 aliphatic rings. The predicted molar refractivity (Wildman–Crippen MR) is 93.3 cm³/mol. The van der Waals surface area contributed by atoms with Crippen molar-refractivity contribution in [2.75, 3.05) is 5.32 Å². The molecular weight excluding hydrogens is 302 g/mol. The number of carbonyl (C=O) groups is 1. The lowest BCUT2D eigenvalue weighted by Gasteiger charge is -2.12. The molecule has 0 bridgehead atoms. The molecule has 2 aromatic carbocycles. The summed E-state index contributed by atoms with van der Waals surface area (Å²) in [5, 5.41) is 17.0. The number of para-hydroxylation sites is 2. The summed E-state index contributed by atoms with van der Waals surface area (Å²) in [6.07, 6.45) is -0.662. The minimum Gasteiger partial charge on any atom is -0.389 e. The highest BCUT2D eigenvalue weighted by Crippen LogP contribution is 2.23. The Balaban J connectivity index is 1.87. The molecule has 5 heteroatoms. The van der Waals surface area contributed by atoms with Crippen molar-refractivity contribution >= 4 is 11.6 Å². The molecule has 0 saturated heterocycles. The Kier molecular flexibility index (Phi) is 4.44. The third kappa shape index (κ3) is 3.21. The number of anilines is 1. The molecule has 0 aliphatic carbocycles. The molecule has 3 rings (SSSR count). The van der Waals surface area contributed by atoms with E-state index in [0.717, 1.165) is 11.4 Å². The quantitative estimate of drug-likeness (QED) is 0.773. The molecule has 1 unspecified atom stereocenters. The highest BCUT2D eigenvalue weighted by atomic mass is 16.3. The second kappa shape index (κ2) is 6.68. The van der Waals surface area contributed by atoms with Crippen LogP contribution in [0.4, 0.5) is 5.69 Å². The third-order valence-corrected chi connectivity index (χ3v) is 3.78. The number of aliphatic hydroxyl groups excluding tert-OH is 1. The normalized spacial score (nSPS) is 12.0. The third-order valence-electron chi connectivity index (χ3n) is 3.78. The highest BCUT2D eigenvalue weighted by Gasteiger charge is 2.16. The maximum Gasteiger partial charge on any atom is 0.276 e. The Morgan fingerprint density at radius 3 is 2.50 bits per heavy atom. The first kappa shape index (κ1) is 16.0. The van der Waals surface area contributed by atoms with Crippen LogP contribution in [0.25, 0.3) is 5.69 Å². The summed E-state index contributed by atoms with van der Waals surface area (Å²) in [5.41, 5.74) is 3.36. The van der Waals surface area contributed by atoms with Gasteiger partial charge in [0.1, 0.15) is 0 Å². The van der Waals surface area contributed by atoms with E-state index in [0.29, 0.717) is 16.9 Å². The van der Waals surface area contributed by atoms with Crippen molar-refractivity contribution < 1.29 is 9.90 Å². The predicted octanol–water partition coefficient (Wildman–Crippen LogP) is 3.49. The van der Waals surface area contributed by atoms with E-state index in [2.05, 4.69) is 10.4 Å². The molecule has 1 atom stereocenters. The number of hydrogen-bond acceptors (Lipinski definition) is 3. The molecule has 0 saturated carbocycles. The fourth-order valence-electron chi connectivity index (χ4n) is 2.58. The molecular formula is C19H19N3O2. The first-order chi connectivity index (χ1) is 11.6. The van der Waals surface area contributed by atoms with E-state index in [1.807, 2.05) is 49.4 Å². The van der Waals surface area contributed by atoms with Gasteiger partial charge in [-0.15, -0.1) is 0 Å². The van der Waals surface area contributed by atoms with Crippen LogP contribution in [-0.4, -0.2) is 20.8 Å². The smallest absolute Gasteiger partial charge is 0.276 e. The number of aryl methyl sites for hydroxylation is 1. The van der Waals surface area contributed by atoms with Crippen LogP contribution < -0.4 is 5.32 Å². The molecule has 0 radical (unpaired) electrons. The first-order valence-electron chi connectivity index (χ1n) is 7.76. The number of aromatic nitrogens is 2. The Labute approximate surface area is 140 Å². The molecule has 1 heterocycles. The van der Waals surface area contributed by atoms with Gasteiger partial charge in [0.2, 0.25) is 0 Å². The zero-order valence-corrected chi connectivity index (χ0v) is 13.6. The monoisotopic (exact) mass is 321 g/mol. The van der Waals surface area contributed by atoms with E-state index in [-0.39, 0.29) is 5.91 Å². The lowest BCUT2D eigenvalue weighted by atomic mass is 10.1. The number of benzene rings is 2. The maximum absolute atomic E-state index is 12.5. The Bertz CT molecular complexity index is 854. The lowest BCUT2D eigenvalue weighted by Crippen LogP contribution is -2.15. The summed E-state index contributed by atoms with van der Waals surface area (Å²) >= 11 is 0. The van der Waals surface area contributed by atoms with Crippen LogP contribution >= 0.6 is 0 Å². The van der Waals surface area contributed by atoms with Gasteiger partial charge in [-0.05, 0) is 38.1 Å². The molecule has 1 amide bonds. The fourth-order valence-corrected chi connectivity index (χ4v) is 2.58. The van der Waals surface area contributed by atoms with Crippen molar-refractivity contribution in [1.29, 1.82) is 0 Å². The average molecular weight is 321 g/mol. The van der Waals surface area contributed by atoms with Gasteiger partial charge < -0.3 is 10.4 Å². The molecule has 0 fully saturated rings. The second-order valence-electron chi connectivity index (χ2n) is 5.64. The number of carbonyl (C=O) groups excluding carboxylic acids is 1. The van der Waals surface area contributed by atoms with Crippen molar-refractivity contribution in [3.63, 3.8) is 0 Å². The first-order valence-corrected chi connectivity index (χ1v) is 7.76. The number of rotatable bonds is 4. The van der Waals surface area contributed by atoms with Gasteiger partial charge in [-0.3, -0.25) is 4.79 Å². The molecule has 24 heavy (non-hydrogen) atoms. The Hall–Kier alpha value is -2.92. The van der Waals surface area contributed by atoms with Gasteiger partial charge in [-0.25, -0.2) is 4.68 Å². The van der Waals surface area contributed by atoms with Crippen molar-refractivity contribution in [3.05, 3.63) is 77.6 Å². The van der Waals surface area contributed by atoms with E-state index < -0.39 is 6.10 Å². The van der Waals surface area contributed by atoms with Gasteiger partial charge in [-0.2, -0.15) is 5.10 Å². The largest absolute Gasteiger partial charge is 0.389 e. The van der Waals surface area contributed by atoms with Crippen molar-refractivity contribution in [3.8, 4) is 5.69 Å². The maximum atomic E-state index is 12.5. The number of nitrogens with one attached hydrogen (secondary N) is 1. The molecule has 1 aromatic heterocycles. The van der Waals surface area contributed by atoms with Crippen LogP contribution in [-0.2, 0) is 0 Å². The van der Waals surface area contributed by atoms with Crippen LogP contribution in [0.15, 0.2) is 60.7 Å². The van der Waals surface area contributed by atoms with Gasteiger partial charge in [0.15, 0.2) is 5.69 Å². The molecule has 0 spiro atoms. The van der Waals surface area contributed by atoms with Crippen molar-refractivity contribution in [2.24, 2.45) is 0 Å². The number of hydrogen-bond donors (Lipinski definition) is 2. The van der Waals surface area contributed by atoms with E-state index in [4.69, 9.17) is 0 Å². The Morgan fingerprint density at radius 1 is 1.12 bits per heavy atom. The van der Waals surface area contributed by atoms with Crippen LogP contribution in [0, 0.1) is 6.92 Å².